The molecule has 0 amide bonds. The molecule has 1 atom stereocenters. The van der Waals surface area contributed by atoms with Crippen molar-refractivity contribution in [1.82, 2.24) is 5.43 Å². The third kappa shape index (κ3) is 2.68. The number of hydrogen-bond acceptors (Lipinski definition) is 3. The van der Waals surface area contributed by atoms with Crippen molar-refractivity contribution in [2.24, 2.45) is 5.84 Å². The number of hydrogen-bond donors (Lipinski definition) is 2. The van der Waals surface area contributed by atoms with Crippen molar-refractivity contribution >= 4 is 27.3 Å². The SMILES string of the molecule is NNC(Cc1cccc(F)c1Br)c1cc2c(s1)CCC2. The zero-order valence-corrected chi connectivity index (χ0v) is 13.4. The van der Waals surface area contributed by atoms with Crippen molar-refractivity contribution in [2.75, 3.05) is 0 Å². The van der Waals surface area contributed by atoms with Crippen molar-refractivity contribution in [3.63, 3.8) is 0 Å². The molecular weight excluding hydrogens is 339 g/mol. The summed E-state index contributed by atoms with van der Waals surface area (Å²) in [6.45, 7) is 0. The lowest BCUT2D eigenvalue weighted by Gasteiger charge is -2.15. The van der Waals surface area contributed by atoms with Crippen LogP contribution in [0.1, 0.15) is 33.3 Å². The fraction of sp³-hybridized carbons (Fsp3) is 0.333. The monoisotopic (exact) mass is 354 g/mol. The molecule has 1 aliphatic rings. The largest absolute Gasteiger partial charge is 0.271 e. The minimum atomic E-state index is -0.230. The molecule has 1 aliphatic carbocycles. The number of thiophene rings is 1. The van der Waals surface area contributed by atoms with Crippen molar-refractivity contribution in [3.8, 4) is 0 Å². The van der Waals surface area contributed by atoms with Crippen LogP contribution in [0, 0.1) is 5.82 Å². The Morgan fingerprint density at radius 2 is 2.25 bits per heavy atom. The van der Waals surface area contributed by atoms with Gasteiger partial charge < -0.3 is 0 Å². The van der Waals surface area contributed by atoms with Gasteiger partial charge in [0.15, 0.2) is 0 Å². The molecule has 2 aromatic rings. The molecule has 0 fully saturated rings. The summed E-state index contributed by atoms with van der Waals surface area (Å²) in [5.74, 6) is 5.48. The Hall–Kier alpha value is -0.750. The van der Waals surface area contributed by atoms with Crippen molar-refractivity contribution in [3.05, 3.63) is 55.4 Å². The molecule has 0 radical (unpaired) electrons. The Labute approximate surface area is 130 Å². The molecule has 0 bridgehead atoms. The molecule has 1 unspecified atom stereocenters. The average molecular weight is 355 g/mol. The van der Waals surface area contributed by atoms with Crippen LogP contribution in [0.5, 0.6) is 0 Å². The van der Waals surface area contributed by atoms with E-state index >= 15 is 0 Å². The van der Waals surface area contributed by atoms with Gasteiger partial charge >= 0.3 is 0 Å². The van der Waals surface area contributed by atoms with Gasteiger partial charge in [-0.25, -0.2) is 4.39 Å². The van der Waals surface area contributed by atoms with Crippen LogP contribution in [0.25, 0.3) is 0 Å². The molecule has 2 nitrogen and oxygen atoms in total. The van der Waals surface area contributed by atoms with Gasteiger partial charge in [0.1, 0.15) is 5.82 Å². The highest BCUT2D eigenvalue weighted by Crippen LogP contribution is 2.35. The van der Waals surface area contributed by atoms with Gasteiger partial charge in [-0.05, 0) is 64.9 Å². The minimum absolute atomic E-state index is 0.0312. The second-order valence-electron chi connectivity index (χ2n) is 5.09. The van der Waals surface area contributed by atoms with E-state index in [1.807, 2.05) is 17.4 Å². The highest BCUT2D eigenvalue weighted by molar-refractivity contribution is 9.10. The van der Waals surface area contributed by atoms with Crippen molar-refractivity contribution in [1.29, 1.82) is 0 Å². The van der Waals surface area contributed by atoms with E-state index in [4.69, 9.17) is 5.84 Å². The number of rotatable bonds is 4. The van der Waals surface area contributed by atoms with E-state index in [0.29, 0.717) is 10.9 Å². The van der Waals surface area contributed by atoms with Crippen LogP contribution in [-0.4, -0.2) is 0 Å². The Bertz CT molecular complexity index is 605. The lowest BCUT2D eigenvalue weighted by atomic mass is 10.0. The normalized spacial score (nSPS) is 15.3. The highest BCUT2D eigenvalue weighted by atomic mass is 79.9. The van der Waals surface area contributed by atoms with Gasteiger partial charge in [-0.15, -0.1) is 11.3 Å². The molecule has 3 N–H and O–H groups in total. The number of fused-ring (bicyclic) bond motifs is 1. The lowest BCUT2D eigenvalue weighted by molar-refractivity contribution is 0.554. The van der Waals surface area contributed by atoms with Gasteiger partial charge in [-0.3, -0.25) is 11.3 Å². The van der Waals surface area contributed by atoms with E-state index in [2.05, 4.69) is 27.4 Å². The summed E-state index contributed by atoms with van der Waals surface area (Å²) < 4.78 is 14.1. The van der Waals surface area contributed by atoms with Crippen LogP contribution in [-0.2, 0) is 19.3 Å². The van der Waals surface area contributed by atoms with Crippen LogP contribution in [0.3, 0.4) is 0 Å². The lowest BCUT2D eigenvalue weighted by Crippen LogP contribution is -2.29. The number of halogens is 2. The third-order valence-electron chi connectivity index (χ3n) is 3.77. The van der Waals surface area contributed by atoms with Gasteiger partial charge in [-0.2, -0.15) is 0 Å². The molecule has 1 aromatic heterocycles. The maximum absolute atomic E-state index is 13.6. The predicted octanol–water partition coefficient (Wildman–Crippen LogP) is 3.89. The first-order valence-corrected chi connectivity index (χ1v) is 8.30. The first-order chi connectivity index (χ1) is 9.69. The summed E-state index contributed by atoms with van der Waals surface area (Å²) in [6, 6.07) is 7.41. The summed E-state index contributed by atoms with van der Waals surface area (Å²) in [4.78, 5) is 2.73. The fourth-order valence-corrected chi connectivity index (χ4v) is 4.44. The first-order valence-electron chi connectivity index (χ1n) is 6.69. The molecule has 1 heterocycles. The average Bonchev–Trinajstić information content (AvgIpc) is 3.01. The summed E-state index contributed by atoms with van der Waals surface area (Å²) in [6.07, 6.45) is 4.29. The molecule has 0 saturated carbocycles. The fourth-order valence-electron chi connectivity index (χ4n) is 2.69. The topological polar surface area (TPSA) is 38.0 Å². The van der Waals surface area contributed by atoms with E-state index in [1.165, 1.54) is 40.6 Å². The van der Waals surface area contributed by atoms with Crippen LogP contribution in [0.15, 0.2) is 28.7 Å². The number of nitrogens with two attached hydrogens (primary N) is 1. The van der Waals surface area contributed by atoms with Crippen LogP contribution >= 0.6 is 27.3 Å². The predicted molar refractivity (Wildman–Crippen MR) is 84.2 cm³/mol. The third-order valence-corrected chi connectivity index (χ3v) is 6.00. The van der Waals surface area contributed by atoms with Crippen LogP contribution < -0.4 is 11.3 Å². The van der Waals surface area contributed by atoms with Gasteiger partial charge in [0.25, 0.3) is 0 Å². The Kier molecular flexibility index (Phi) is 4.21. The zero-order valence-electron chi connectivity index (χ0n) is 11.0. The Morgan fingerprint density at radius 3 is 3.00 bits per heavy atom. The highest BCUT2D eigenvalue weighted by Gasteiger charge is 2.20. The molecule has 3 rings (SSSR count). The standard InChI is InChI=1S/C15H16BrFN2S/c16-15-10(4-1-5-11(15)17)7-12(19-18)14-8-9-3-2-6-13(9)20-14/h1,4-5,8,12,19H,2-3,6-7,18H2. The molecular formula is C15H16BrFN2S. The molecule has 106 valence electrons. The quantitative estimate of drug-likeness (QED) is 0.645. The number of nitrogens with one attached hydrogen (secondary N) is 1. The second kappa shape index (κ2) is 5.93. The van der Waals surface area contributed by atoms with E-state index in [-0.39, 0.29) is 11.9 Å². The smallest absolute Gasteiger partial charge is 0.137 e. The number of hydrazine groups is 1. The molecule has 1 aromatic carbocycles. The minimum Gasteiger partial charge on any atom is -0.271 e. The molecule has 0 saturated heterocycles. The summed E-state index contributed by atoms with van der Waals surface area (Å²) >= 11 is 5.15. The van der Waals surface area contributed by atoms with Gasteiger partial charge in [-0.1, -0.05) is 12.1 Å². The van der Waals surface area contributed by atoms with Crippen molar-refractivity contribution in [2.45, 2.75) is 31.7 Å². The summed E-state index contributed by atoms with van der Waals surface area (Å²) in [5.41, 5.74) is 5.26. The van der Waals surface area contributed by atoms with E-state index in [1.54, 1.807) is 6.07 Å². The second-order valence-corrected chi connectivity index (χ2v) is 7.05. The molecule has 5 heteroatoms. The van der Waals surface area contributed by atoms with E-state index in [9.17, 15) is 4.39 Å². The van der Waals surface area contributed by atoms with Gasteiger partial charge in [0.2, 0.25) is 0 Å². The van der Waals surface area contributed by atoms with Crippen molar-refractivity contribution < 1.29 is 4.39 Å². The number of aryl methyl sites for hydroxylation is 2. The Morgan fingerprint density at radius 1 is 1.40 bits per heavy atom. The van der Waals surface area contributed by atoms with Gasteiger partial charge in [0.05, 0.1) is 10.5 Å². The summed E-state index contributed by atoms with van der Waals surface area (Å²) in [5, 5.41) is 0. The maximum Gasteiger partial charge on any atom is 0.137 e. The molecule has 0 spiro atoms. The van der Waals surface area contributed by atoms with E-state index in [0.717, 1.165) is 5.56 Å². The van der Waals surface area contributed by atoms with Gasteiger partial charge in [0, 0.05) is 9.75 Å². The first kappa shape index (κ1) is 14.2. The molecule has 20 heavy (non-hydrogen) atoms. The Balaban J connectivity index is 1.84. The zero-order chi connectivity index (χ0) is 14.1. The maximum atomic E-state index is 13.6. The number of benzene rings is 1. The summed E-state index contributed by atoms with van der Waals surface area (Å²) in [7, 11) is 0. The van der Waals surface area contributed by atoms with E-state index < -0.39 is 0 Å². The van der Waals surface area contributed by atoms with Crippen LogP contribution in [0.2, 0.25) is 0 Å². The molecule has 0 aliphatic heterocycles. The van der Waals surface area contributed by atoms with Crippen LogP contribution in [0.4, 0.5) is 4.39 Å².